The molecule has 0 amide bonds. The van der Waals surface area contributed by atoms with E-state index in [4.69, 9.17) is 4.74 Å². The van der Waals surface area contributed by atoms with Crippen LogP contribution in [0.2, 0.25) is 0 Å². The minimum Gasteiger partial charge on any atom is -0.484 e. The van der Waals surface area contributed by atoms with Gasteiger partial charge in [0.25, 0.3) is 0 Å². The Morgan fingerprint density at radius 3 is 2.12 bits per heavy atom. The van der Waals surface area contributed by atoms with E-state index in [1.54, 1.807) is 11.8 Å². The molecule has 1 aromatic heterocycles. The summed E-state index contributed by atoms with van der Waals surface area (Å²) < 4.78 is 35.5. The third kappa shape index (κ3) is 4.56. The molecule has 172 valence electrons. The van der Waals surface area contributed by atoms with Crippen LogP contribution in [0.15, 0.2) is 53.7 Å². The van der Waals surface area contributed by atoms with Crippen LogP contribution in [0.4, 0.5) is 14.7 Å². The maximum atomic E-state index is 14.8. The number of hydrogen-bond donors (Lipinski definition) is 0. The van der Waals surface area contributed by atoms with Crippen molar-refractivity contribution >= 4 is 17.7 Å². The maximum Gasteiger partial charge on any atom is 0.225 e. The monoisotopic (exact) mass is 467 g/mol. The van der Waals surface area contributed by atoms with Crippen molar-refractivity contribution in [2.45, 2.75) is 37.2 Å². The minimum atomic E-state index is -0.651. The number of fused-ring (bicyclic) bond motifs is 1. The lowest BCUT2D eigenvalue weighted by Crippen LogP contribution is -2.26. The smallest absolute Gasteiger partial charge is 0.225 e. The van der Waals surface area contributed by atoms with Gasteiger partial charge < -0.3 is 9.64 Å². The quantitative estimate of drug-likeness (QED) is 0.416. The summed E-state index contributed by atoms with van der Waals surface area (Å²) in [5, 5.41) is 0. The molecule has 2 aromatic carbocycles. The molecule has 0 N–H and O–H groups in total. The number of nitrogens with zero attached hydrogens (tertiary/aromatic N) is 3. The number of hydrogen-bond acceptors (Lipinski definition) is 5. The highest BCUT2D eigenvalue weighted by Gasteiger charge is 2.43. The predicted octanol–water partition coefficient (Wildman–Crippen LogP) is 6.00. The minimum absolute atomic E-state index is 0.179. The zero-order chi connectivity index (χ0) is 22.9. The van der Waals surface area contributed by atoms with Crippen LogP contribution in [0, 0.1) is 23.5 Å². The molecule has 5 rings (SSSR count). The lowest BCUT2D eigenvalue weighted by Gasteiger charge is -2.20. The Kier molecular flexibility index (Phi) is 6.23. The molecule has 2 aliphatic rings. The molecule has 0 bridgehead atoms. The van der Waals surface area contributed by atoms with E-state index in [1.807, 2.05) is 42.9 Å². The average molecular weight is 468 g/mol. The van der Waals surface area contributed by atoms with Crippen LogP contribution in [0.5, 0.6) is 5.75 Å². The number of thioether (sulfide) groups is 1. The van der Waals surface area contributed by atoms with Gasteiger partial charge in [0.05, 0.1) is 6.10 Å². The van der Waals surface area contributed by atoms with Gasteiger partial charge in [-0.15, -0.1) is 11.8 Å². The zero-order valence-electron chi connectivity index (χ0n) is 18.8. The topological polar surface area (TPSA) is 38.2 Å². The van der Waals surface area contributed by atoms with Gasteiger partial charge in [-0.1, -0.05) is 19.1 Å². The van der Waals surface area contributed by atoms with Crippen LogP contribution in [-0.4, -0.2) is 35.4 Å². The molecule has 0 spiro atoms. The summed E-state index contributed by atoms with van der Waals surface area (Å²) in [6.45, 7) is 3.79. The first-order chi connectivity index (χ1) is 16.0. The predicted molar refractivity (Wildman–Crippen MR) is 128 cm³/mol. The first-order valence-electron chi connectivity index (χ1n) is 11.4. The van der Waals surface area contributed by atoms with Crippen LogP contribution in [-0.2, 0) is 6.42 Å². The molecule has 33 heavy (non-hydrogen) atoms. The molecular weight excluding hydrogens is 440 g/mol. The van der Waals surface area contributed by atoms with Crippen molar-refractivity contribution in [3.63, 3.8) is 0 Å². The third-order valence-corrected chi connectivity index (χ3v) is 7.54. The van der Waals surface area contributed by atoms with Gasteiger partial charge in [-0.25, -0.2) is 18.7 Å². The summed E-state index contributed by atoms with van der Waals surface area (Å²) in [6.07, 6.45) is 8.07. The molecule has 2 fully saturated rings. The van der Waals surface area contributed by atoms with Gasteiger partial charge in [-0.3, -0.25) is 0 Å². The lowest BCUT2D eigenvalue weighted by molar-refractivity contribution is 0.182. The van der Waals surface area contributed by atoms with E-state index >= 15 is 0 Å². The summed E-state index contributed by atoms with van der Waals surface area (Å²) in [4.78, 5) is 12.3. The van der Waals surface area contributed by atoms with Gasteiger partial charge in [0.2, 0.25) is 5.95 Å². The Bertz CT molecular complexity index is 1090. The maximum absolute atomic E-state index is 14.8. The van der Waals surface area contributed by atoms with Gasteiger partial charge in [0.15, 0.2) is 17.4 Å². The van der Waals surface area contributed by atoms with Gasteiger partial charge in [-0.2, -0.15) is 0 Å². The molecule has 4 nitrogen and oxygen atoms in total. The number of anilines is 1. The summed E-state index contributed by atoms with van der Waals surface area (Å²) in [6, 6.07) is 10.4. The number of benzene rings is 2. The lowest BCUT2D eigenvalue weighted by atomic mass is 10.0. The van der Waals surface area contributed by atoms with Crippen LogP contribution >= 0.6 is 11.8 Å². The first kappa shape index (κ1) is 22.1. The van der Waals surface area contributed by atoms with Gasteiger partial charge in [-0.05, 0) is 78.3 Å². The van der Waals surface area contributed by atoms with E-state index in [0.29, 0.717) is 17.4 Å². The van der Waals surface area contributed by atoms with Crippen molar-refractivity contribution in [2.24, 2.45) is 11.8 Å². The first-order valence-corrected chi connectivity index (χ1v) is 12.6. The van der Waals surface area contributed by atoms with Crippen LogP contribution in [0.3, 0.4) is 0 Å². The second-order valence-electron chi connectivity index (χ2n) is 8.88. The third-order valence-electron chi connectivity index (χ3n) is 6.80. The highest BCUT2D eigenvalue weighted by Crippen LogP contribution is 2.41. The number of ether oxygens (including phenoxy) is 1. The second kappa shape index (κ2) is 9.29. The Morgan fingerprint density at radius 2 is 1.58 bits per heavy atom. The number of aryl methyl sites for hydroxylation is 1. The molecule has 1 aliphatic carbocycles. The Hall–Kier alpha value is -2.67. The van der Waals surface area contributed by atoms with E-state index in [-0.39, 0.29) is 11.9 Å². The fourth-order valence-corrected chi connectivity index (χ4v) is 5.40. The molecule has 2 heterocycles. The van der Waals surface area contributed by atoms with Crippen LogP contribution in [0.1, 0.15) is 25.3 Å². The fraction of sp³-hybridized carbons (Fsp3) is 0.385. The number of rotatable bonds is 6. The molecule has 2 unspecified atom stereocenters. The summed E-state index contributed by atoms with van der Waals surface area (Å²) in [7, 11) is 0. The summed E-state index contributed by atoms with van der Waals surface area (Å²) in [5.41, 5.74) is 2.42. The van der Waals surface area contributed by atoms with Crippen molar-refractivity contribution in [3.05, 3.63) is 66.0 Å². The van der Waals surface area contributed by atoms with Crippen LogP contribution in [0.25, 0.3) is 11.1 Å². The van der Waals surface area contributed by atoms with E-state index < -0.39 is 11.6 Å². The fourth-order valence-electron chi connectivity index (χ4n) is 4.99. The highest BCUT2D eigenvalue weighted by molar-refractivity contribution is 7.98. The Balaban J connectivity index is 1.23. The second-order valence-corrected chi connectivity index (χ2v) is 9.76. The number of aromatic nitrogens is 2. The molecular formula is C26H27F2N3OS. The van der Waals surface area contributed by atoms with Crippen molar-refractivity contribution in [1.29, 1.82) is 0 Å². The average Bonchev–Trinajstić information content (AvgIpc) is 3.40. The molecule has 2 atom stereocenters. The molecule has 3 aromatic rings. The highest BCUT2D eigenvalue weighted by atomic mass is 32.2. The van der Waals surface area contributed by atoms with E-state index in [0.717, 1.165) is 54.3 Å². The van der Waals surface area contributed by atoms with Gasteiger partial charge >= 0.3 is 0 Å². The number of halogens is 2. The molecule has 0 radical (unpaired) electrons. The SMILES string of the molecule is CCc1cnc(N2CC3CC(Oc4c(F)cc(-c5ccc(SC)cc5)cc4F)CC3C2)nc1. The van der Waals surface area contributed by atoms with Crippen molar-refractivity contribution in [2.75, 3.05) is 24.2 Å². The molecule has 1 saturated carbocycles. The van der Waals surface area contributed by atoms with Crippen LogP contribution < -0.4 is 9.64 Å². The Labute approximate surface area is 197 Å². The van der Waals surface area contributed by atoms with E-state index in [1.165, 1.54) is 12.1 Å². The molecule has 1 aliphatic heterocycles. The Morgan fingerprint density at radius 1 is 0.970 bits per heavy atom. The summed E-state index contributed by atoms with van der Waals surface area (Å²) in [5.74, 6) is 0.0378. The summed E-state index contributed by atoms with van der Waals surface area (Å²) >= 11 is 1.63. The molecule has 7 heteroatoms. The van der Waals surface area contributed by atoms with Gasteiger partial charge in [0.1, 0.15) is 0 Å². The van der Waals surface area contributed by atoms with Crippen molar-refractivity contribution in [1.82, 2.24) is 9.97 Å². The van der Waals surface area contributed by atoms with Crippen molar-refractivity contribution in [3.8, 4) is 16.9 Å². The van der Waals surface area contributed by atoms with E-state index in [2.05, 4.69) is 21.8 Å². The zero-order valence-corrected chi connectivity index (χ0v) is 19.6. The standard InChI is InChI=1S/C26H27F2N3OS/c1-3-16-12-29-26(30-13-16)31-14-19-8-21(9-20(19)15-31)32-25-23(27)10-18(11-24(25)28)17-4-6-22(33-2)7-5-17/h4-7,10-13,19-21H,3,8-9,14-15H2,1-2H3. The van der Waals surface area contributed by atoms with Crippen molar-refractivity contribution < 1.29 is 13.5 Å². The molecule has 1 saturated heterocycles. The normalized spacial score (nSPS) is 21.9. The van der Waals surface area contributed by atoms with Gasteiger partial charge in [0, 0.05) is 30.4 Å². The largest absolute Gasteiger partial charge is 0.484 e. The van der Waals surface area contributed by atoms with E-state index in [9.17, 15) is 8.78 Å².